The predicted octanol–water partition coefficient (Wildman–Crippen LogP) is 0.417. The van der Waals surface area contributed by atoms with Crippen LogP contribution in [0.25, 0.3) is 0 Å². The van der Waals surface area contributed by atoms with Gasteiger partial charge < -0.3 is 10.5 Å². The Balaban J connectivity index is 0.00000261. The number of hydrogen-bond acceptors (Lipinski definition) is 6. The van der Waals surface area contributed by atoms with Crippen LogP contribution in [-0.2, 0) is 20.7 Å². The highest BCUT2D eigenvalue weighted by Gasteiger charge is 2.44. The maximum atomic E-state index is 12.7. The molecule has 146 valence electrons. The van der Waals surface area contributed by atoms with Crippen LogP contribution in [0.1, 0.15) is 45.5 Å². The zero-order chi connectivity index (χ0) is 18.7. The zero-order valence-corrected chi connectivity index (χ0v) is 15.5. The minimum Gasteiger partial charge on any atom is -0.380 e. The van der Waals surface area contributed by atoms with E-state index in [1.807, 2.05) is 0 Å². The monoisotopic (exact) mass is 395 g/mol. The van der Waals surface area contributed by atoms with Gasteiger partial charge in [-0.05, 0) is 37.0 Å². The molecular formula is C18H22ClN3O5. The molecule has 2 aliphatic rings. The molecule has 1 atom stereocenters. The number of piperidine rings is 1. The fourth-order valence-corrected chi connectivity index (χ4v) is 3.24. The number of aryl methyl sites for hydroxylation is 1. The van der Waals surface area contributed by atoms with E-state index in [1.54, 1.807) is 18.2 Å². The minimum absolute atomic E-state index is 0. The summed E-state index contributed by atoms with van der Waals surface area (Å²) in [5.41, 5.74) is 6.88. The normalized spacial score (nSPS) is 19.0. The standard InChI is InChI=1S/C18H21N3O5.ClH/c19-7-9-26-8-1-2-11-3-4-12-13(10-11)18(25)21(17(12)24)14-5-6-15(22)20-16(14)23;/h3-4,10,14H,1-2,5-9,19H2,(H,20,22,23);1H. The third kappa shape index (κ3) is 4.35. The number of imide groups is 2. The maximum absolute atomic E-state index is 12.7. The quantitative estimate of drug-likeness (QED) is 0.510. The molecule has 2 heterocycles. The van der Waals surface area contributed by atoms with Gasteiger partial charge in [-0.1, -0.05) is 6.07 Å². The van der Waals surface area contributed by atoms with Gasteiger partial charge in [0.25, 0.3) is 11.8 Å². The second-order valence-corrected chi connectivity index (χ2v) is 6.33. The van der Waals surface area contributed by atoms with Gasteiger partial charge in [0.15, 0.2) is 0 Å². The Morgan fingerprint density at radius 2 is 1.85 bits per heavy atom. The van der Waals surface area contributed by atoms with Gasteiger partial charge in [-0.2, -0.15) is 0 Å². The van der Waals surface area contributed by atoms with Gasteiger partial charge in [-0.25, -0.2) is 0 Å². The van der Waals surface area contributed by atoms with E-state index in [0.717, 1.165) is 16.9 Å². The highest BCUT2D eigenvalue weighted by atomic mass is 35.5. The minimum atomic E-state index is -0.937. The molecule has 2 aliphatic heterocycles. The Morgan fingerprint density at radius 1 is 1.11 bits per heavy atom. The number of hydrogen-bond donors (Lipinski definition) is 2. The predicted molar refractivity (Wildman–Crippen MR) is 98.6 cm³/mol. The first-order valence-electron chi connectivity index (χ1n) is 8.65. The van der Waals surface area contributed by atoms with Crippen molar-refractivity contribution in [2.75, 3.05) is 19.8 Å². The third-order valence-corrected chi connectivity index (χ3v) is 4.52. The summed E-state index contributed by atoms with van der Waals surface area (Å²) in [7, 11) is 0. The van der Waals surface area contributed by atoms with Crippen molar-refractivity contribution in [2.24, 2.45) is 5.73 Å². The van der Waals surface area contributed by atoms with Gasteiger partial charge in [0, 0.05) is 19.6 Å². The van der Waals surface area contributed by atoms with E-state index in [9.17, 15) is 19.2 Å². The average molecular weight is 396 g/mol. The molecular weight excluding hydrogens is 374 g/mol. The zero-order valence-electron chi connectivity index (χ0n) is 14.7. The van der Waals surface area contributed by atoms with E-state index >= 15 is 0 Å². The number of halogens is 1. The van der Waals surface area contributed by atoms with Crippen LogP contribution in [0.5, 0.6) is 0 Å². The highest BCUT2D eigenvalue weighted by molar-refractivity contribution is 6.23. The number of nitrogens with zero attached hydrogens (tertiary/aromatic N) is 1. The first-order chi connectivity index (χ1) is 12.5. The average Bonchev–Trinajstić information content (AvgIpc) is 2.86. The SMILES string of the molecule is Cl.NCCOCCCc1ccc2c(c1)C(=O)N(C1CCC(=O)NC1=O)C2=O. The van der Waals surface area contributed by atoms with Crippen LogP contribution >= 0.6 is 12.4 Å². The van der Waals surface area contributed by atoms with Gasteiger partial charge in [0.05, 0.1) is 17.7 Å². The number of amides is 4. The van der Waals surface area contributed by atoms with E-state index in [4.69, 9.17) is 10.5 Å². The van der Waals surface area contributed by atoms with Gasteiger partial charge in [0.2, 0.25) is 11.8 Å². The molecule has 0 aromatic heterocycles. The molecule has 1 aromatic carbocycles. The molecule has 3 N–H and O–H groups in total. The van der Waals surface area contributed by atoms with E-state index in [0.29, 0.717) is 37.3 Å². The molecule has 9 heteroatoms. The van der Waals surface area contributed by atoms with Crippen LogP contribution in [0.2, 0.25) is 0 Å². The lowest BCUT2D eigenvalue weighted by molar-refractivity contribution is -0.136. The van der Waals surface area contributed by atoms with Crippen LogP contribution in [0.15, 0.2) is 18.2 Å². The van der Waals surface area contributed by atoms with Gasteiger partial charge in [-0.3, -0.25) is 29.4 Å². The Morgan fingerprint density at radius 3 is 2.56 bits per heavy atom. The molecule has 0 bridgehead atoms. The number of nitrogens with two attached hydrogens (primary N) is 1. The van der Waals surface area contributed by atoms with Crippen LogP contribution in [0.3, 0.4) is 0 Å². The lowest BCUT2D eigenvalue weighted by Gasteiger charge is -2.27. The summed E-state index contributed by atoms with van der Waals surface area (Å²) >= 11 is 0. The molecule has 1 unspecified atom stereocenters. The topological polar surface area (TPSA) is 119 Å². The Kier molecular flexibility index (Phi) is 7.06. The van der Waals surface area contributed by atoms with Crippen LogP contribution in [0, 0.1) is 0 Å². The van der Waals surface area contributed by atoms with Gasteiger partial charge in [-0.15, -0.1) is 12.4 Å². The van der Waals surface area contributed by atoms with Crippen molar-refractivity contribution in [1.29, 1.82) is 0 Å². The second kappa shape index (κ2) is 9.07. The van der Waals surface area contributed by atoms with Crippen LogP contribution < -0.4 is 11.1 Å². The lowest BCUT2D eigenvalue weighted by Crippen LogP contribution is -2.54. The van der Waals surface area contributed by atoms with Crippen molar-refractivity contribution in [1.82, 2.24) is 10.2 Å². The fourth-order valence-electron chi connectivity index (χ4n) is 3.24. The number of benzene rings is 1. The molecule has 0 aliphatic carbocycles. The van der Waals surface area contributed by atoms with Crippen molar-refractivity contribution in [3.05, 3.63) is 34.9 Å². The number of rotatable bonds is 7. The Hall–Kier alpha value is -2.29. The van der Waals surface area contributed by atoms with Crippen LogP contribution in [0.4, 0.5) is 0 Å². The Bertz CT molecular complexity index is 767. The van der Waals surface area contributed by atoms with Gasteiger partial charge in [0.1, 0.15) is 6.04 Å². The number of nitrogens with one attached hydrogen (secondary N) is 1. The van der Waals surface area contributed by atoms with Crippen LogP contribution in [-0.4, -0.2) is 54.3 Å². The summed E-state index contributed by atoms with van der Waals surface area (Å²) in [6.45, 7) is 1.56. The maximum Gasteiger partial charge on any atom is 0.262 e. The Labute approximate surface area is 162 Å². The van der Waals surface area contributed by atoms with Crippen molar-refractivity contribution in [3.63, 3.8) is 0 Å². The molecule has 27 heavy (non-hydrogen) atoms. The first kappa shape index (κ1) is 21.0. The number of fused-ring (bicyclic) bond motifs is 1. The molecule has 1 fully saturated rings. The molecule has 1 saturated heterocycles. The van der Waals surface area contributed by atoms with Crippen molar-refractivity contribution in [3.8, 4) is 0 Å². The summed E-state index contributed by atoms with van der Waals surface area (Å²) in [5, 5.41) is 2.18. The summed E-state index contributed by atoms with van der Waals surface area (Å²) in [5.74, 6) is -1.96. The third-order valence-electron chi connectivity index (χ3n) is 4.52. The summed E-state index contributed by atoms with van der Waals surface area (Å²) in [4.78, 5) is 49.6. The van der Waals surface area contributed by atoms with E-state index in [-0.39, 0.29) is 31.2 Å². The largest absolute Gasteiger partial charge is 0.380 e. The molecule has 3 rings (SSSR count). The molecule has 0 saturated carbocycles. The summed E-state index contributed by atoms with van der Waals surface area (Å²) in [6.07, 6.45) is 1.74. The first-order valence-corrected chi connectivity index (χ1v) is 8.65. The van der Waals surface area contributed by atoms with E-state index in [2.05, 4.69) is 5.32 Å². The fraction of sp³-hybridized carbons (Fsp3) is 0.444. The molecule has 1 aromatic rings. The number of carbonyl (C=O) groups excluding carboxylic acids is 4. The van der Waals surface area contributed by atoms with Gasteiger partial charge >= 0.3 is 0 Å². The van der Waals surface area contributed by atoms with E-state index < -0.39 is 23.8 Å². The lowest BCUT2D eigenvalue weighted by atomic mass is 10.0. The van der Waals surface area contributed by atoms with E-state index in [1.165, 1.54) is 0 Å². The molecule has 8 nitrogen and oxygen atoms in total. The molecule has 0 spiro atoms. The molecule has 4 amide bonds. The number of ether oxygens (including phenoxy) is 1. The number of carbonyl (C=O) groups is 4. The smallest absolute Gasteiger partial charge is 0.262 e. The summed E-state index contributed by atoms with van der Waals surface area (Å²) < 4.78 is 5.33. The highest BCUT2D eigenvalue weighted by Crippen LogP contribution is 2.28. The second-order valence-electron chi connectivity index (χ2n) is 6.33. The van der Waals surface area contributed by atoms with Crippen molar-refractivity contribution in [2.45, 2.75) is 31.7 Å². The molecule has 0 radical (unpaired) electrons. The van der Waals surface area contributed by atoms with Crippen molar-refractivity contribution >= 4 is 36.0 Å². The van der Waals surface area contributed by atoms with Crippen molar-refractivity contribution < 1.29 is 23.9 Å². The summed E-state index contributed by atoms with van der Waals surface area (Å²) in [6, 6.07) is 4.19.